The van der Waals surface area contributed by atoms with E-state index in [-0.39, 0.29) is 18.7 Å². The van der Waals surface area contributed by atoms with E-state index >= 15 is 0 Å². The summed E-state index contributed by atoms with van der Waals surface area (Å²) in [5.41, 5.74) is 0. The standard InChI is InChI=1S/C15H20ClNO4/c16-12-5-7-13(8-6-12)21-11-9-14(18)17-10-3-1-2-4-15(19)20/h5-8H,1-4,9-11H2,(H,17,18)(H,19,20). The lowest BCUT2D eigenvalue weighted by molar-refractivity contribution is -0.137. The molecule has 21 heavy (non-hydrogen) atoms. The number of benzene rings is 1. The molecule has 0 unspecified atom stereocenters. The molecular formula is C15H20ClNO4. The molecule has 0 spiro atoms. The van der Waals surface area contributed by atoms with E-state index < -0.39 is 5.97 Å². The molecule has 2 N–H and O–H groups in total. The number of unbranched alkanes of at least 4 members (excludes halogenated alkanes) is 2. The fourth-order valence-corrected chi connectivity index (χ4v) is 1.81. The van der Waals surface area contributed by atoms with Crippen molar-refractivity contribution >= 4 is 23.5 Å². The number of hydrogen-bond donors (Lipinski definition) is 2. The first-order chi connectivity index (χ1) is 10.1. The van der Waals surface area contributed by atoms with Gasteiger partial charge in [0.05, 0.1) is 13.0 Å². The van der Waals surface area contributed by atoms with E-state index in [4.69, 9.17) is 21.4 Å². The number of carbonyl (C=O) groups excluding carboxylic acids is 1. The molecule has 6 heteroatoms. The molecule has 1 amide bonds. The maximum absolute atomic E-state index is 11.5. The van der Waals surface area contributed by atoms with Crippen LogP contribution in [0, 0.1) is 0 Å². The predicted octanol–water partition coefficient (Wildman–Crippen LogP) is 2.87. The fourth-order valence-electron chi connectivity index (χ4n) is 1.69. The summed E-state index contributed by atoms with van der Waals surface area (Å²) < 4.78 is 5.42. The van der Waals surface area contributed by atoms with E-state index in [1.165, 1.54) is 0 Å². The van der Waals surface area contributed by atoms with E-state index in [0.29, 0.717) is 30.3 Å². The highest BCUT2D eigenvalue weighted by molar-refractivity contribution is 6.30. The second-order valence-electron chi connectivity index (χ2n) is 4.61. The van der Waals surface area contributed by atoms with Crippen LogP contribution in [0.3, 0.4) is 0 Å². The molecular weight excluding hydrogens is 294 g/mol. The van der Waals surface area contributed by atoms with Crippen molar-refractivity contribution in [2.45, 2.75) is 32.1 Å². The van der Waals surface area contributed by atoms with Gasteiger partial charge in [0.15, 0.2) is 0 Å². The third kappa shape index (κ3) is 8.92. The average molecular weight is 314 g/mol. The largest absolute Gasteiger partial charge is 0.493 e. The first-order valence-electron chi connectivity index (χ1n) is 6.95. The van der Waals surface area contributed by atoms with Gasteiger partial charge in [-0.25, -0.2) is 0 Å². The van der Waals surface area contributed by atoms with Crippen LogP contribution in [0.2, 0.25) is 5.02 Å². The van der Waals surface area contributed by atoms with Gasteiger partial charge < -0.3 is 15.2 Å². The first kappa shape index (κ1) is 17.3. The summed E-state index contributed by atoms with van der Waals surface area (Å²) in [6, 6.07) is 6.97. The SMILES string of the molecule is O=C(O)CCCCCNC(=O)CCOc1ccc(Cl)cc1. The zero-order valence-electron chi connectivity index (χ0n) is 11.8. The molecule has 0 radical (unpaired) electrons. The van der Waals surface area contributed by atoms with Crippen molar-refractivity contribution in [3.8, 4) is 5.75 Å². The molecule has 0 saturated heterocycles. The summed E-state index contributed by atoms with van der Waals surface area (Å²) in [6.45, 7) is 0.881. The molecule has 1 rings (SSSR count). The fraction of sp³-hybridized carbons (Fsp3) is 0.467. The molecule has 0 heterocycles. The van der Waals surface area contributed by atoms with Crippen molar-refractivity contribution < 1.29 is 19.4 Å². The van der Waals surface area contributed by atoms with Gasteiger partial charge in [-0.15, -0.1) is 0 Å². The number of carboxylic acids is 1. The monoisotopic (exact) mass is 313 g/mol. The van der Waals surface area contributed by atoms with Gasteiger partial charge in [-0.05, 0) is 37.1 Å². The summed E-state index contributed by atoms with van der Waals surface area (Å²) in [4.78, 5) is 21.8. The molecule has 0 aliphatic heterocycles. The number of ether oxygens (including phenoxy) is 1. The second kappa shape index (κ2) is 10.0. The number of amides is 1. The summed E-state index contributed by atoms with van der Waals surface area (Å²) in [7, 11) is 0. The minimum Gasteiger partial charge on any atom is -0.493 e. The number of aliphatic carboxylic acids is 1. The zero-order chi connectivity index (χ0) is 15.5. The maximum atomic E-state index is 11.5. The van der Waals surface area contributed by atoms with E-state index in [9.17, 15) is 9.59 Å². The third-order valence-electron chi connectivity index (χ3n) is 2.80. The van der Waals surface area contributed by atoms with E-state index in [0.717, 1.165) is 12.8 Å². The van der Waals surface area contributed by atoms with Crippen LogP contribution in [0.5, 0.6) is 5.75 Å². The topological polar surface area (TPSA) is 75.6 Å². The van der Waals surface area contributed by atoms with E-state index in [1.54, 1.807) is 24.3 Å². The van der Waals surface area contributed by atoms with Crippen molar-refractivity contribution in [3.63, 3.8) is 0 Å². The van der Waals surface area contributed by atoms with Gasteiger partial charge in [0.1, 0.15) is 5.75 Å². The molecule has 0 fully saturated rings. The van der Waals surface area contributed by atoms with Crippen LogP contribution in [0.1, 0.15) is 32.1 Å². The third-order valence-corrected chi connectivity index (χ3v) is 3.05. The second-order valence-corrected chi connectivity index (χ2v) is 5.04. The molecule has 0 aliphatic carbocycles. The Hall–Kier alpha value is -1.75. The number of hydrogen-bond acceptors (Lipinski definition) is 3. The smallest absolute Gasteiger partial charge is 0.303 e. The summed E-state index contributed by atoms with van der Waals surface area (Å²) >= 11 is 5.75. The maximum Gasteiger partial charge on any atom is 0.303 e. The van der Waals surface area contributed by atoms with Crippen LogP contribution in [-0.4, -0.2) is 30.1 Å². The molecule has 116 valence electrons. The van der Waals surface area contributed by atoms with Crippen molar-refractivity contribution in [2.75, 3.05) is 13.2 Å². The number of rotatable bonds is 10. The first-order valence-corrected chi connectivity index (χ1v) is 7.32. The van der Waals surface area contributed by atoms with Gasteiger partial charge in [-0.1, -0.05) is 18.0 Å². The molecule has 0 aliphatic rings. The molecule has 0 atom stereocenters. The number of halogens is 1. The van der Waals surface area contributed by atoms with Crippen molar-refractivity contribution in [1.29, 1.82) is 0 Å². The predicted molar refractivity (Wildman–Crippen MR) is 80.7 cm³/mol. The number of carboxylic acid groups (broad SMARTS) is 1. The van der Waals surface area contributed by atoms with Gasteiger partial charge in [0, 0.05) is 18.0 Å². The van der Waals surface area contributed by atoms with Crippen LogP contribution < -0.4 is 10.1 Å². The molecule has 5 nitrogen and oxygen atoms in total. The highest BCUT2D eigenvalue weighted by atomic mass is 35.5. The van der Waals surface area contributed by atoms with Crippen molar-refractivity contribution in [2.24, 2.45) is 0 Å². The van der Waals surface area contributed by atoms with Crippen molar-refractivity contribution in [1.82, 2.24) is 5.32 Å². The number of carbonyl (C=O) groups is 2. The van der Waals surface area contributed by atoms with Gasteiger partial charge in [-0.2, -0.15) is 0 Å². The minimum atomic E-state index is -0.779. The lowest BCUT2D eigenvalue weighted by atomic mass is 10.2. The summed E-state index contributed by atoms with van der Waals surface area (Å²) in [5, 5.41) is 11.9. The average Bonchev–Trinajstić information content (AvgIpc) is 2.44. The van der Waals surface area contributed by atoms with Gasteiger partial charge in [0.2, 0.25) is 5.91 Å². The summed E-state index contributed by atoms with van der Waals surface area (Å²) in [6.07, 6.45) is 2.70. The Kier molecular flexibility index (Phi) is 8.28. The highest BCUT2D eigenvalue weighted by Gasteiger charge is 2.02. The lowest BCUT2D eigenvalue weighted by Gasteiger charge is -2.07. The number of nitrogens with one attached hydrogen (secondary N) is 1. The highest BCUT2D eigenvalue weighted by Crippen LogP contribution is 2.15. The van der Waals surface area contributed by atoms with Gasteiger partial charge in [-0.3, -0.25) is 9.59 Å². The van der Waals surface area contributed by atoms with Crippen molar-refractivity contribution in [3.05, 3.63) is 29.3 Å². The zero-order valence-corrected chi connectivity index (χ0v) is 12.6. The molecule has 0 aromatic heterocycles. The molecule has 0 saturated carbocycles. The molecule has 1 aromatic carbocycles. The normalized spacial score (nSPS) is 10.1. The Morgan fingerprint density at radius 2 is 1.81 bits per heavy atom. The molecule has 0 bridgehead atoms. The Labute approximate surface area is 129 Å². The van der Waals surface area contributed by atoms with Crippen LogP contribution in [-0.2, 0) is 9.59 Å². The van der Waals surface area contributed by atoms with E-state index in [2.05, 4.69) is 5.32 Å². The lowest BCUT2D eigenvalue weighted by Crippen LogP contribution is -2.25. The molecule has 1 aromatic rings. The Morgan fingerprint density at radius 1 is 1.10 bits per heavy atom. The van der Waals surface area contributed by atoms with Crippen LogP contribution in [0.4, 0.5) is 0 Å². The van der Waals surface area contributed by atoms with Gasteiger partial charge >= 0.3 is 5.97 Å². The quantitative estimate of drug-likeness (QED) is 0.651. The van der Waals surface area contributed by atoms with E-state index in [1.807, 2.05) is 0 Å². The van der Waals surface area contributed by atoms with Gasteiger partial charge in [0.25, 0.3) is 0 Å². The summed E-state index contributed by atoms with van der Waals surface area (Å²) in [5.74, 6) is -0.165. The Bertz CT molecular complexity index is 447. The van der Waals surface area contributed by atoms with Crippen LogP contribution in [0.15, 0.2) is 24.3 Å². The minimum absolute atomic E-state index is 0.0674. The Morgan fingerprint density at radius 3 is 2.48 bits per heavy atom. The van der Waals surface area contributed by atoms with Crippen LogP contribution in [0.25, 0.3) is 0 Å². The van der Waals surface area contributed by atoms with Crippen LogP contribution >= 0.6 is 11.6 Å². The Balaban J connectivity index is 2.01.